The van der Waals surface area contributed by atoms with Gasteiger partial charge in [0.1, 0.15) is 11.6 Å². The number of nitrogens with zero attached hydrogens (tertiary/aromatic N) is 2. The van der Waals surface area contributed by atoms with Crippen molar-refractivity contribution >= 4 is 33.4 Å². The van der Waals surface area contributed by atoms with Gasteiger partial charge >= 0.3 is 0 Å². The molecule has 4 nitrogen and oxygen atoms in total. The van der Waals surface area contributed by atoms with E-state index in [2.05, 4.69) is 36.5 Å². The zero-order valence-electron chi connectivity index (χ0n) is 10.3. The van der Waals surface area contributed by atoms with Gasteiger partial charge in [-0.05, 0) is 22.9 Å². The van der Waals surface area contributed by atoms with Crippen molar-refractivity contribution in [2.75, 3.05) is 17.2 Å². The van der Waals surface area contributed by atoms with Crippen LogP contribution in [0.4, 0.5) is 30.6 Å². The molecule has 0 spiro atoms. The van der Waals surface area contributed by atoms with Crippen molar-refractivity contribution in [1.82, 2.24) is 9.97 Å². The molecule has 0 aliphatic heterocycles. The van der Waals surface area contributed by atoms with Crippen LogP contribution < -0.4 is 10.6 Å². The normalized spacial score (nSPS) is 10.4. The van der Waals surface area contributed by atoms with E-state index in [1.807, 2.05) is 6.92 Å². The highest BCUT2D eigenvalue weighted by atomic mass is 79.9. The average Bonchev–Trinajstić information content (AvgIpc) is 2.39. The minimum absolute atomic E-state index is 0.194. The molecule has 0 atom stereocenters. The van der Waals surface area contributed by atoms with Crippen molar-refractivity contribution in [2.24, 2.45) is 0 Å². The van der Waals surface area contributed by atoms with Crippen LogP contribution in [0.5, 0.6) is 0 Å². The number of nitrogens with one attached hydrogen (secondary N) is 2. The standard InChI is InChI=1S/C12H10BrF3N4/c1-2-17-12-18-5-7(13)11(20-12)19-9-4-6(14)3-8(15)10(9)16/h3-5H,2H2,1H3,(H2,17,18,19,20). The second-order valence-electron chi connectivity index (χ2n) is 3.79. The van der Waals surface area contributed by atoms with Crippen LogP contribution in [0.3, 0.4) is 0 Å². The maximum atomic E-state index is 13.6. The Labute approximate surface area is 121 Å². The summed E-state index contributed by atoms with van der Waals surface area (Å²) < 4.78 is 40.2. The summed E-state index contributed by atoms with van der Waals surface area (Å²) in [4.78, 5) is 8.04. The van der Waals surface area contributed by atoms with Crippen molar-refractivity contribution in [3.05, 3.63) is 40.3 Å². The molecule has 0 saturated carbocycles. The first kappa shape index (κ1) is 14.6. The molecule has 0 unspecified atom stereocenters. The van der Waals surface area contributed by atoms with Crippen molar-refractivity contribution in [3.63, 3.8) is 0 Å². The summed E-state index contributed by atoms with van der Waals surface area (Å²) in [5, 5.41) is 5.40. The largest absolute Gasteiger partial charge is 0.354 e. The highest BCUT2D eigenvalue weighted by Gasteiger charge is 2.13. The van der Waals surface area contributed by atoms with Crippen LogP contribution in [-0.4, -0.2) is 16.5 Å². The SMILES string of the molecule is CCNc1ncc(Br)c(Nc2cc(F)cc(F)c2F)n1. The van der Waals surface area contributed by atoms with Gasteiger partial charge in [-0.2, -0.15) is 4.98 Å². The van der Waals surface area contributed by atoms with E-state index in [9.17, 15) is 13.2 Å². The van der Waals surface area contributed by atoms with Crippen molar-refractivity contribution in [3.8, 4) is 0 Å². The Morgan fingerprint density at radius 2 is 2.00 bits per heavy atom. The van der Waals surface area contributed by atoms with E-state index in [0.717, 1.165) is 6.07 Å². The third kappa shape index (κ3) is 3.19. The Bertz CT molecular complexity index is 636. The van der Waals surface area contributed by atoms with Gasteiger partial charge in [0.15, 0.2) is 11.6 Å². The zero-order chi connectivity index (χ0) is 14.7. The first-order valence-corrected chi connectivity index (χ1v) is 6.48. The van der Waals surface area contributed by atoms with Gasteiger partial charge in [-0.25, -0.2) is 18.2 Å². The predicted molar refractivity (Wildman–Crippen MR) is 73.5 cm³/mol. The van der Waals surface area contributed by atoms with Gasteiger partial charge in [-0.3, -0.25) is 0 Å². The number of rotatable bonds is 4. The minimum atomic E-state index is -1.27. The van der Waals surface area contributed by atoms with Gasteiger partial charge in [-0.15, -0.1) is 0 Å². The molecule has 1 heterocycles. The van der Waals surface area contributed by atoms with Crippen LogP contribution in [0, 0.1) is 17.5 Å². The van der Waals surface area contributed by atoms with Gasteiger partial charge in [-0.1, -0.05) is 0 Å². The fraction of sp³-hybridized carbons (Fsp3) is 0.167. The van der Waals surface area contributed by atoms with Gasteiger partial charge in [0, 0.05) is 24.9 Å². The molecule has 0 amide bonds. The summed E-state index contributed by atoms with van der Waals surface area (Å²) in [6, 6.07) is 1.32. The lowest BCUT2D eigenvalue weighted by atomic mass is 10.3. The van der Waals surface area contributed by atoms with E-state index in [-0.39, 0.29) is 11.5 Å². The molecule has 2 aromatic rings. The Balaban J connectivity index is 2.36. The molecule has 2 N–H and O–H groups in total. The maximum Gasteiger partial charge on any atom is 0.224 e. The average molecular weight is 347 g/mol. The van der Waals surface area contributed by atoms with E-state index in [1.54, 1.807) is 0 Å². The number of anilines is 3. The van der Waals surface area contributed by atoms with Crippen molar-refractivity contribution < 1.29 is 13.2 Å². The lowest BCUT2D eigenvalue weighted by Gasteiger charge is -2.10. The summed E-state index contributed by atoms with van der Waals surface area (Å²) >= 11 is 3.18. The quantitative estimate of drug-likeness (QED) is 0.826. The van der Waals surface area contributed by atoms with Crippen molar-refractivity contribution in [1.29, 1.82) is 0 Å². The van der Waals surface area contributed by atoms with Crippen LogP contribution in [0.1, 0.15) is 6.92 Å². The van der Waals surface area contributed by atoms with Gasteiger partial charge in [0.2, 0.25) is 5.95 Å². The highest BCUT2D eigenvalue weighted by molar-refractivity contribution is 9.10. The molecule has 20 heavy (non-hydrogen) atoms. The summed E-state index contributed by atoms with van der Waals surface area (Å²) in [7, 11) is 0. The van der Waals surface area contributed by atoms with Crippen LogP contribution in [0.15, 0.2) is 22.8 Å². The van der Waals surface area contributed by atoms with Crippen LogP contribution >= 0.6 is 15.9 Å². The Morgan fingerprint density at radius 3 is 2.70 bits per heavy atom. The zero-order valence-corrected chi connectivity index (χ0v) is 11.9. The molecular formula is C12H10BrF3N4. The molecule has 8 heteroatoms. The number of hydrogen-bond donors (Lipinski definition) is 2. The summed E-state index contributed by atoms with van der Waals surface area (Å²) in [6.07, 6.45) is 1.45. The molecular weight excluding hydrogens is 337 g/mol. The van der Waals surface area contributed by atoms with Gasteiger partial charge in [0.25, 0.3) is 0 Å². The Hall–Kier alpha value is -1.83. The Morgan fingerprint density at radius 1 is 1.25 bits per heavy atom. The van der Waals surface area contributed by atoms with Crippen LogP contribution in [0.25, 0.3) is 0 Å². The fourth-order valence-electron chi connectivity index (χ4n) is 1.47. The molecule has 0 radical (unpaired) electrons. The maximum absolute atomic E-state index is 13.6. The van der Waals surface area contributed by atoms with E-state index in [0.29, 0.717) is 23.0 Å². The van der Waals surface area contributed by atoms with Crippen LogP contribution in [-0.2, 0) is 0 Å². The second-order valence-corrected chi connectivity index (χ2v) is 4.65. The van der Waals surface area contributed by atoms with E-state index < -0.39 is 17.5 Å². The second kappa shape index (κ2) is 6.08. The first-order valence-electron chi connectivity index (χ1n) is 5.69. The van der Waals surface area contributed by atoms with Gasteiger partial charge < -0.3 is 10.6 Å². The summed E-state index contributed by atoms with van der Waals surface area (Å²) in [5.74, 6) is -2.83. The summed E-state index contributed by atoms with van der Waals surface area (Å²) in [5.41, 5.74) is -0.343. The molecule has 0 saturated heterocycles. The molecule has 0 bridgehead atoms. The van der Waals surface area contributed by atoms with Crippen molar-refractivity contribution in [2.45, 2.75) is 6.92 Å². The molecule has 2 rings (SSSR count). The lowest BCUT2D eigenvalue weighted by Crippen LogP contribution is -2.06. The smallest absolute Gasteiger partial charge is 0.224 e. The third-order valence-electron chi connectivity index (χ3n) is 2.33. The van der Waals surface area contributed by atoms with E-state index in [1.165, 1.54) is 6.20 Å². The molecule has 106 valence electrons. The molecule has 1 aromatic carbocycles. The minimum Gasteiger partial charge on any atom is -0.354 e. The fourth-order valence-corrected chi connectivity index (χ4v) is 1.76. The monoisotopic (exact) mass is 346 g/mol. The topological polar surface area (TPSA) is 49.8 Å². The molecule has 0 aliphatic carbocycles. The summed E-state index contributed by atoms with van der Waals surface area (Å²) in [6.45, 7) is 2.46. The Kier molecular flexibility index (Phi) is 4.43. The lowest BCUT2D eigenvalue weighted by molar-refractivity contribution is 0.498. The number of aromatic nitrogens is 2. The van der Waals surface area contributed by atoms with Gasteiger partial charge in [0.05, 0.1) is 10.2 Å². The van der Waals surface area contributed by atoms with E-state index in [4.69, 9.17) is 0 Å². The highest BCUT2D eigenvalue weighted by Crippen LogP contribution is 2.27. The third-order valence-corrected chi connectivity index (χ3v) is 2.91. The first-order chi connectivity index (χ1) is 9.51. The number of hydrogen-bond acceptors (Lipinski definition) is 4. The number of halogens is 4. The number of benzene rings is 1. The molecule has 0 aliphatic rings. The molecule has 0 fully saturated rings. The molecule has 1 aromatic heterocycles. The van der Waals surface area contributed by atoms with E-state index >= 15 is 0 Å². The predicted octanol–water partition coefficient (Wildman–Crippen LogP) is 3.83. The van der Waals surface area contributed by atoms with Crippen LogP contribution in [0.2, 0.25) is 0 Å².